The molecule has 2 aromatic rings. The van der Waals surface area contributed by atoms with Gasteiger partial charge in [-0.05, 0) is 89.9 Å². The molecule has 43 heavy (non-hydrogen) atoms. The van der Waals surface area contributed by atoms with E-state index in [2.05, 4.69) is 45.5 Å². The lowest BCUT2D eigenvalue weighted by Gasteiger charge is -2.09. The lowest BCUT2D eigenvalue weighted by Crippen LogP contribution is -2.18. The van der Waals surface area contributed by atoms with Crippen LogP contribution in [0.2, 0.25) is 0 Å². The minimum absolute atomic E-state index is 0. The normalized spacial score (nSPS) is 10.9. The summed E-state index contributed by atoms with van der Waals surface area (Å²) >= 11 is 0. The SMILES string of the molecule is COc1ccccc1CNCCCCCNCCCCCCCCCCNCCCCCNCc1ccccc1OC.Cl. The van der Waals surface area contributed by atoms with Crippen molar-refractivity contribution in [2.45, 2.75) is 103 Å². The van der Waals surface area contributed by atoms with Crippen molar-refractivity contribution >= 4 is 12.4 Å². The molecule has 0 spiro atoms. The van der Waals surface area contributed by atoms with E-state index in [9.17, 15) is 0 Å². The van der Waals surface area contributed by atoms with E-state index in [1.165, 1.54) is 114 Å². The van der Waals surface area contributed by atoms with Crippen molar-refractivity contribution in [3.8, 4) is 11.5 Å². The number of nitrogens with one attached hydrogen (secondary N) is 4. The molecule has 0 saturated heterocycles. The molecule has 0 radical (unpaired) electrons. The Hall–Kier alpha value is -1.83. The summed E-state index contributed by atoms with van der Waals surface area (Å²) in [4.78, 5) is 0. The van der Waals surface area contributed by atoms with Gasteiger partial charge in [0.2, 0.25) is 0 Å². The number of para-hydroxylation sites is 2. The Bertz CT molecular complexity index is 814. The highest BCUT2D eigenvalue weighted by Crippen LogP contribution is 2.17. The third-order valence-electron chi connectivity index (χ3n) is 7.89. The van der Waals surface area contributed by atoms with E-state index in [-0.39, 0.29) is 12.4 Å². The molecule has 6 nitrogen and oxygen atoms in total. The molecule has 4 N–H and O–H groups in total. The molecule has 0 bridgehead atoms. The smallest absolute Gasteiger partial charge is 0.123 e. The minimum atomic E-state index is 0. The molecule has 2 rings (SSSR count). The zero-order chi connectivity index (χ0) is 29.8. The van der Waals surface area contributed by atoms with Gasteiger partial charge in [0.1, 0.15) is 11.5 Å². The zero-order valence-electron chi connectivity index (χ0n) is 27.4. The first-order valence-electron chi connectivity index (χ1n) is 16.9. The Morgan fingerprint density at radius 1 is 0.395 bits per heavy atom. The number of ether oxygens (including phenoxy) is 2. The van der Waals surface area contributed by atoms with Gasteiger partial charge in [0, 0.05) is 24.2 Å². The summed E-state index contributed by atoms with van der Waals surface area (Å²) in [7, 11) is 3.48. The molecule has 0 amide bonds. The van der Waals surface area contributed by atoms with Crippen LogP contribution >= 0.6 is 12.4 Å². The molecule has 0 heterocycles. The van der Waals surface area contributed by atoms with Crippen molar-refractivity contribution in [2.75, 3.05) is 53.5 Å². The average Bonchev–Trinajstić information content (AvgIpc) is 3.03. The van der Waals surface area contributed by atoms with Crippen LogP contribution in [0.4, 0.5) is 0 Å². The molecule has 0 atom stereocenters. The molecule has 7 heteroatoms. The maximum atomic E-state index is 5.41. The zero-order valence-corrected chi connectivity index (χ0v) is 28.2. The van der Waals surface area contributed by atoms with Crippen molar-refractivity contribution in [2.24, 2.45) is 0 Å². The van der Waals surface area contributed by atoms with E-state index in [1.807, 2.05) is 24.3 Å². The van der Waals surface area contributed by atoms with Crippen LogP contribution in [-0.4, -0.2) is 53.5 Å². The largest absolute Gasteiger partial charge is 0.496 e. The van der Waals surface area contributed by atoms with Gasteiger partial charge in [-0.1, -0.05) is 87.8 Å². The van der Waals surface area contributed by atoms with E-state index >= 15 is 0 Å². The van der Waals surface area contributed by atoms with E-state index in [0.717, 1.165) is 50.8 Å². The molecule has 0 aliphatic heterocycles. The van der Waals surface area contributed by atoms with Gasteiger partial charge in [0.05, 0.1) is 14.2 Å². The van der Waals surface area contributed by atoms with Crippen LogP contribution in [-0.2, 0) is 13.1 Å². The maximum absolute atomic E-state index is 5.41. The third kappa shape index (κ3) is 20.7. The fraction of sp³-hybridized carbons (Fsp3) is 0.667. The number of rotatable bonds is 29. The average molecular weight is 619 g/mol. The number of methoxy groups -OCH3 is 2. The van der Waals surface area contributed by atoms with Crippen LogP contribution in [0.3, 0.4) is 0 Å². The van der Waals surface area contributed by atoms with Crippen molar-refractivity contribution in [1.29, 1.82) is 0 Å². The van der Waals surface area contributed by atoms with Crippen LogP contribution in [0, 0.1) is 0 Å². The van der Waals surface area contributed by atoms with Gasteiger partial charge in [-0.3, -0.25) is 0 Å². The van der Waals surface area contributed by atoms with Gasteiger partial charge in [-0.25, -0.2) is 0 Å². The second-order valence-corrected chi connectivity index (χ2v) is 11.4. The maximum Gasteiger partial charge on any atom is 0.123 e. The Kier molecular flexibility index (Phi) is 26.4. The molecule has 0 unspecified atom stereocenters. The monoisotopic (exact) mass is 618 g/mol. The first kappa shape index (κ1) is 39.2. The molecule has 2 aromatic carbocycles. The Labute approximate surface area is 270 Å². The van der Waals surface area contributed by atoms with Crippen molar-refractivity contribution in [1.82, 2.24) is 21.3 Å². The summed E-state index contributed by atoms with van der Waals surface area (Å²) in [5, 5.41) is 14.3. The summed E-state index contributed by atoms with van der Waals surface area (Å²) in [6.45, 7) is 8.57. The molecular formula is C36H63ClN4O2. The predicted molar refractivity (Wildman–Crippen MR) is 187 cm³/mol. The van der Waals surface area contributed by atoms with Gasteiger partial charge in [-0.15, -0.1) is 12.4 Å². The highest BCUT2D eigenvalue weighted by molar-refractivity contribution is 5.85. The summed E-state index contributed by atoms with van der Waals surface area (Å²) in [5.74, 6) is 1.95. The van der Waals surface area contributed by atoms with E-state index in [4.69, 9.17) is 9.47 Å². The number of hydrogen-bond donors (Lipinski definition) is 4. The number of benzene rings is 2. The fourth-order valence-electron chi connectivity index (χ4n) is 5.31. The second kappa shape index (κ2) is 28.9. The molecule has 0 aliphatic carbocycles. The second-order valence-electron chi connectivity index (χ2n) is 11.4. The lowest BCUT2D eigenvalue weighted by molar-refractivity contribution is 0.407. The van der Waals surface area contributed by atoms with Crippen molar-refractivity contribution < 1.29 is 9.47 Å². The van der Waals surface area contributed by atoms with Gasteiger partial charge < -0.3 is 30.7 Å². The summed E-state index contributed by atoms with van der Waals surface area (Å²) in [5.41, 5.74) is 2.47. The summed E-state index contributed by atoms with van der Waals surface area (Å²) in [6, 6.07) is 16.5. The Morgan fingerprint density at radius 3 is 1.02 bits per heavy atom. The standard InChI is InChI=1S/C36H62N4O2.ClH/c1-41-35-23-13-11-21-33(35)31-39-29-19-9-17-27-37-25-15-7-5-3-4-6-8-16-26-38-28-18-10-20-30-40-32-34-22-12-14-24-36(34)42-2;/h11-14,21-24,37-40H,3-10,15-20,25-32H2,1-2H3;1H. The van der Waals surface area contributed by atoms with Crippen LogP contribution in [0.15, 0.2) is 48.5 Å². The molecular weight excluding hydrogens is 556 g/mol. The first-order chi connectivity index (χ1) is 20.8. The molecule has 0 aliphatic rings. The lowest BCUT2D eigenvalue weighted by atomic mass is 10.1. The Balaban J connectivity index is 0.00000924. The fourth-order valence-corrected chi connectivity index (χ4v) is 5.31. The van der Waals surface area contributed by atoms with Crippen molar-refractivity contribution in [3.63, 3.8) is 0 Å². The quantitative estimate of drug-likeness (QED) is 0.0703. The summed E-state index contributed by atoms with van der Waals surface area (Å²) in [6.07, 6.45) is 18.6. The van der Waals surface area contributed by atoms with Gasteiger partial charge in [0.15, 0.2) is 0 Å². The Morgan fingerprint density at radius 2 is 0.674 bits per heavy atom. The van der Waals surface area contributed by atoms with Gasteiger partial charge in [-0.2, -0.15) is 0 Å². The minimum Gasteiger partial charge on any atom is -0.496 e. The molecule has 246 valence electrons. The highest BCUT2D eigenvalue weighted by atomic mass is 35.5. The topological polar surface area (TPSA) is 66.6 Å². The van der Waals surface area contributed by atoms with E-state index < -0.39 is 0 Å². The van der Waals surface area contributed by atoms with Crippen LogP contribution in [0.5, 0.6) is 11.5 Å². The number of unbranched alkanes of at least 4 members (excludes halogenated alkanes) is 11. The molecule has 0 saturated carbocycles. The number of hydrogen-bond acceptors (Lipinski definition) is 6. The van der Waals surface area contributed by atoms with E-state index in [0.29, 0.717) is 0 Å². The van der Waals surface area contributed by atoms with Gasteiger partial charge >= 0.3 is 0 Å². The molecule has 0 aromatic heterocycles. The van der Waals surface area contributed by atoms with Crippen molar-refractivity contribution in [3.05, 3.63) is 59.7 Å². The molecule has 0 fully saturated rings. The van der Waals surface area contributed by atoms with Gasteiger partial charge in [0.25, 0.3) is 0 Å². The highest BCUT2D eigenvalue weighted by Gasteiger charge is 2.01. The van der Waals surface area contributed by atoms with Crippen LogP contribution in [0.25, 0.3) is 0 Å². The first-order valence-corrected chi connectivity index (χ1v) is 16.9. The van der Waals surface area contributed by atoms with E-state index in [1.54, 1.807) is 14.2 Å². The third-order valence-corrected chi connectivity index (χ3v) is 7.89. The predicted octanol–water partition coefficient (Wildman–Crippen LogP) is 7.65. The van der Waals surface area contributed by atoms with Crippen LogP contribution < -0.4 is 30.7 Å². The number of halogens is 1. The van der Waals surface area contributed by atoms with Crippen LogP contribution in [0.1, 0.15) is 101 Å². The summed E-state index contributed by atoms with van der Waals surface area (Å²) < 4.78 is 10.8.